The third-order valence-corrected chi connectivity index (χ3v) is 8.29. The fourth-order valence-corrected chi connectivity index (χ4v) is 5.33. The van der Waals surface area contributed by atoms with Crippen molar-refractivity contribution in [1.29, 1.82) is 0 Å². The summed E-state index contributed by atoms with van der Waals surface area (Å²) >= 11 is 0. The lowest BCUT2D eigenvalue weighted by Crippen LogP contribution is -2.51. The zero-order chi connectivity index (χ0) is 25.6. The predicted octanol–water partition coefficient (Wildman–Crippen LogP) is 6.19. The summed E-state index contributed by atoms with van der Waals surface area (Å²) in [6.45, 7) is 17.4. The number of hydrogen-bond donors (Lipinski definition) is 0. The van der Waals surface area contributed by atoms with E-state index >= 15 is 0 Å². The topological polar surface area (TPSA) is 61.8 Å². The van der Waals surface area contributed by atoms with Crippen molar-refractivity contribution in [3.05, 3.63) is 0 Å². The smallest absolute Gasteiger partial charge is 0.311 e. The van der Waals surface area contributed by atoms with Crippen molar-refractivity contribution < 1.29 is 23.8 Å². The normalized spacial score (nSPS) is 25.5. The highest BCUT2D eigenvalue weighted by Crippen LogP contribution is 2.51. The van der Waals surface area contributed by atoms with Crippen LogP contribution in [0.5, 0.6) is 0 Å². The molecule has 3 atom stereocenters. The van der Waals surface area contributed by atoms with Gasteiger partial charge in [0.05, 0.1) is 30.0 Å². The first kappa shape index (κ1) is 29.5. The molecule has 0 radical (unpaired) electrons. The van der Waals surface area contributed by atoms with Crippen LogP contribution in [0.25, 0.3) is 0 Å². The highest BCUT2D eigenvalue weighted by Gasteiger charge is 2.54. The van der Waals surface area contributed by atoms with Crippen LogP contribution in [0.15, 0.2) is 0 Å². The summed E-state index contributed by atoms with van der Waals surface area (Å²) in [7, 11) is 3.08. The van der Waals surface area contributed by atoms with Gasteiger partial charge in [-0.1, -0.05) is 59.3 Å². The van der Waals surface area contributed by atoms with Crippen molar-refractivity contribution in [3.8, 4) is 11.8 Å². The Labute approximate surface area is 202 Å². The van der Waals surface area contributed by atoms with Crippen LogP contribution >= 0.6 is 0 Å². The minimum Gasteiger partial charge on any atom is -0.469 e. The number of methoxy groups -OCH3 is 2. The molecule has 190 valence electrons. The Balaban J connectivity index is 3.44. The van der Waals surface area contributed by atoms with Crippen molar-refractivity contribution in [2.24, 2.45) is 27.1 Å². The van der Waals surface area contributed by atoms with E-state index in [-0.39, 0.29) is 29.4 Å². The summed E-state index contributed by atoms with van der Waals surface area (Å²) in [5, 5.41) is 0. The molecule has 5 heteroatoms. The molecular formula is C28H48O5. The first-order chi connectivity index (χ1) is 15.2. The van der Waals surface area contributed by atoms with Gasteiger partial charge in [0.15, 0.2) is 0 Å². The van der Waals surface area contributed by atoms with Crippen LogP contribution in [0.4, 0.5) is 0 Å². The Morgan fingerprint density at radius 1 is 1.06 bits per heavy atom. The molecule has 1 aliphatic heterocycles. The van der Waals surface area contributed by atoms with Gasteiger partial charge in [0, 0.05) is 12.5 Å². The maximum Gasteiger partial charge on any atom is 0.311 e. The van der Waals surface area contributed by atoms with Gasteiger partial charge < -0.3 is 14.2 Å². The average molecular weight is 465 g/mol. The van der Waals surface area contributed by atoms with Crippen LogP contribution in [0.3, 0.4) is 0 Å². The number of carbonyl (C=O) groups is 2. The lowest BCUT2D eigenvalue weighted by Gasteiger charge is -2.46. The van der Waals surface area contributed by atoms with Crippen LogP contribution < -0.4 is 0 Å². The summed E-state index contributed by atoms with van der Waals surface area (Å²) in [6.07, 6.45) is 5.28. The molecule has 0 spiro atoms. The van der Waals surface area contributed by atoms with Crippen molar-refractivity contribution in [2.45, 2.75) is 100 Å². The first-order valence-electron chi connectivity index (χ1n) is 12.5. The summed E-state index contributed by atoms with van der Waals surface area (Å²) in [4.78, 5) is 26.2. The first-order valence-corrected chi connectivity index (χ1v) is 12.5. The van der Waals surface area contributed by atoms with Gasteiger partial charge in [-0.3, -0.25) is 9.59 Å². The molecule has 3 unspecified atom stereocenters. The largest absolute Gasteiger partial charge is 0.469 e. The zero-order valence-electron chi connectivity index (χ0n) is 22.9. The van der Waals surface area contributed by atoms with Gasteiger partial charge in [-0.15, -0.1) is 0 Å². The molecule has 0 aliphatic carbocycles. The molecule has 1 fully saturated rings. The Morgan fingerprint density at radius 3 is 2.09 bits per heavy atom. The monoisotopic (exact) mass is 464 g/mol. The maximum absolute atomic E-state index is 13.2. The minimum absolute atomic E-state index is 0.0225. The van der Waals surface area contributed by atoms with Crippen LogP contribution in [0.1, 0.15) is 100 Å². The van der Waals surface area contributed by atoms with E-state index < -0.39 is 16.2 Å². The van der Waals surface area contributed by atoms with E-state index in [2.05, 4.69) is 53.4 Å². The minimum atomic E-state index is -0.869. The second-order valence-electron chi connectivity index (χ2n) is 11.5. The lowest BCUT2D eigenvalue weighted by atomic mass is 9.60. The summed E-state index contributed by atoms with van der Waals surface area (Å²) in [5.41, 5.74) is -2.40. The van der Waals surface area contributed by atoms with Crippen molar-refractivity contribution in [2.75, 3.05) is 27.4 Å². The molecule has 0 bridgehead atoms. The van der Waals surface area contributed by atoms with Crippen molar-refractivity contribution in [3.63, 3.8) is 0 Å². The maximum atomic E-state index is 13.2. The number of rotatable bonds is 11. The molecule has 33 heavy (non-hydrogen) atoms. The molecule has 1 heterocycles. The standard InChI is InChI=1S/C28H48O5/c1-11-24(5,12-2)15-16-28(20-31-9)19-27(8,23(30)33-21-28)18-26(7,22(29)32-10)17-25(6,13-3)14-4/h11-14,17-21H2,1-10H3. The molecule has 5 nitrogen and oxygen atoms in total. The highest BCUT2D eigenvalue weighted by atomic mass is 16.5. The van der Waals surface area contributed by atoms with Crippen molar-refractivity contribution >= 4 is 11.9 Å². The number of ether oxygens (including phenoxy) is 3. The average Bonchev–Trinajstić information content (AvgIpc) is 2.79. The summed E-state index contributed by atoms with van der Waals surface area (Å²) in [5.74, 6) is 6.43. The fourth-order valence-electron chi connectivity index (χ4n) is 5.33. The third kappa shape index (κ3) is 6.98. The van der Waals surface area contributed by atoms with E-state index in [9.17, 15) is 9.59 Å². The van der Waals surface area contributed by atoms with Gasteiger partial charge >= 0.3 is 11.9 Å². The Kier molecular flexibility index (Phi) is 10.1. The third-order valence-electron chi connectivity index (χ3n) is 8.29. The molecule has 0 saturated carbocycles. The second-order valence-corrected chi connectivity index (χ2v) is 11.5. The second kappa shape index (κ2) is 11.3. The zero-order valence-corrected chi connectivity index (χ0v) is 22.9. The summed E-state index contributed by atoms with van der Waals surface area (Å²) < 4.78 is 16.6. The van der Waals surface area contributed by atoms with Gasteiger partial charge in [0.25, 0.3) is 0 Å². The van der Waals surface area contributed by atoms with E-state index in [1.807, 2.05) is 13.8 Å². The van der Waals surface area contributed by atoms with Crippen LogP contribution in [-0.2, 0) is 23.8 Å². The molecule has 0 aromatic rings. The van der Waals surface area contributed by atoms with Gasteiger partial charge in [0.1, 0.15) is 6.61 Å². The number of carbonyl (C=O) groups excluding carboxylic acids is 2. The number of cyclic esters (lactones) is 1. The lowest BCUT2D eigenvalue weighted by molar-refractivity contribution is -0.178. The van der Waals surface area contributed by atoms with Crippen molar-refractivity contribution in [1.82, 2.24) is 0 Å². The van der Waals surface area contributed by atoms with Crippen LogP contribution in [0, 0.1) is 38.9 Å². The van der Waals surface area contributed by atoms with Gasteiger partial charge in [-0.05, 0) is 58.3 Å². The quantitative estimate of drug-likeness (QED) is 0.270. The summed E-state index contributed by atoms with van der Waals surface area (Å²) in [6, 6.07) is 0. The molecule has 1 saturated heterocycles. The van der Waals surface area contributed by atoms with E-state index in [4.69, 9.17) is 14.2 Å². The van der Waals surface area contributed by atoms with Gasteiger partial charge in [-0.2, -0.15) is 0 Å². The Morgan fingerprint density at radius 2 is 1.64 bits per heavy atom. The SMILES string of the molecule is CCC(C)(C#CC1(COC)COC(=O)C(C)(CC(C)(CC(C)(CC)CC)C(=O)OC)C1)CC. The fraction of sp³-hybridized carbons (Fsp3) is 0.857. The van der Waals surface area contributed by atoms with Crippen LogP contribution in [-0.4, -0.2) is 39.4 Å². The van der Waals surface area contributed by atoms with Gasteiger partial charge in [-0.25, -0.2) is 0 Å². The molecule has 1 aliphatic rings. The Hall–Kier alpha value is -1.54. The molecular weight excluding hydrogens is 416 g/mol. The van der Waals surface area contributed by atoms with E-state index in [1.165, 1.54) is 7.11 Å². The molecule has 1 rings (SSSR count). The molecule has 0 aromatic heterocycles. The Bertz CT molecular complexity index is 739. The van der Waals surface area contributed by atoms with Gasteiger partial charge in [0.2, 0.25) is 0 Å². The molecule has 0 N–H and O–H groups in total. The molecule has 0 aromatic carbocycles. The molecule has 0 amide bonds. The van der Waals surface area contributed by atoms with E-state index in [0.717, 1.165) is 25.7 Å². The number of hydrogen-bond acceptors (Lipinski definition) is 5. The number of esters is 2. The predicted molar refractivity (Wildman–Crippen MR) is 133 cm³/mol. The van der Waals surface area contributed by atoms with E-state index in [1.54, 1.807) is 7.11 Å². The highest BCUT2D eigenvalue weighted by molar-refractivity contribution is 5.81. The van der Waals surface area contributed by atoms with E-state index in [0.29, 0.717) is 25.9 Å². The van der Waals surface area contributed by atoms with Crippen LogP contribution in [0.2, 0.25) is 0 Å².